The number of ether oxygens (including phenoxy) is 1. The van der Waals surface area contributed by atoms with Gasteiger partial charge in [0, 0.05) is 6.61 Å². The molecule has 0 unspecified atom stereocenters. The van der Waals surface area contributed by atoms with E-state index in [9.17, 15) is 4.80 Å². The molecule has 8 nitrogen and oxygen atoms in total. The number of allylic oxidation sites excluding steroid dienone is 1. The van der Waals surface area contributed by atoms with Gasteiger partial charge in [-0.2, -0.15) is 0 Å². The molecule has 0 heterocycles. The fraction of sp³-hybridized carbons (Fsp3) is 0.913. The highest BCUT2D eigenvalue weighted by atomic mass is 28.5. The van der Waals surface area contributed by atoms with Gasteiger partial charge in [0.2, 0.25) is 8.32 Å². The average Bonchev–Trinajstić information content (AvgIpc) is 2.55. The van der Waals surface area contributed by atoms with Crippen molar-refractivity contribution in [3.05, 3.63) is 12.7 Å². The zero-order valence-electron chi connectivity index (χ0n) is 27.0. The summed E-state index contributed by atoms with van der Waals surface area (Å²) in [5.41, 5.74) is 0. The van der Waals surface area contributed by atoms with Crippen molar-refractivity contribution in [3.63, 3.8) is 0 Å². The summed E-state index contributed by atoms with van der Waals surface area (Å²) in [6.45, 7) is 32.8. The molecule has 0 aliphatic heterocycles. The predicted molar refractivity (Wildman–Crippen MR) is 175 cm³/mol. The van der Waals surface area contributed by atoms with E-state index >= 15 is 0 Å². The second kappa shape index (κ2) is 15.4. The Morgan fingerprint density at radius 2 is 0.895 bits per heavy atom. The van der Waals surface area contributed by atoms with Crippen molar-refractivity contribution in [2.75, 3.05) is 12.8 Å². The topological polar surface area (TPSA) is 84.8 Å². The minimum Gasteiger partial charge on any atom is -0.435 e. The van der Waals surface area contributed by atoms with E-state index < -0.39 is 59.7 Å². The molecular formula is C23H60O8Si7. The minimum atomic E-state index is -2.70. The van der Waals surface area contributed by atoms with Crippen molar-refractivity contribution in [2.45, 2.75) is 124 Å². The lowest BCUT2D eigenvalue weighted by Gasteiger charge is -2.43. The Labute approximate surface area is 242 Å². The molecule has 0 aromatic heterocycles. The summed E-state index contributed by atoms with van der Waals surface area (Å²) in [5, 5.41) is 0. The van der Waals surface area contributed by atoms with E-state index in [4.69, 9.17) is 29.4 Å². The maximum atomic E-state index is 10.2. The van der Waals surface area contributed by atoms with E-state index in [0.29, 0.717) is 6.23 Å². The zero-order chi connectivity index (χ0) is 30.1. The van der Waals surface area contributed by atoms with Crippen LogP contribution in [0.25, 0.3) is 0 Å². The normalized spacial score (nSPS) is 14.7. The standard InChI is InChI=1S/C23H60O8Si7/c1-16-17-18-19-20-21-22-25-23-32(2,3)26-34(6,7)28-36(10,11)30-38(14,15)31-37(12,13)29-35(8,9)27-33(4,5)24/h16,24H,1,17-23H2,2-15H3. The van der Waals surface area contributed by atoms with Crippen molar-refractivity contribution in [2.24, 2.45) is 0 Å². The average molecular weight is 661 g/mol. The molecule has 0 bridgehead atoms. The molecule has 0 radical (unpaired) electrons. The summed E-state index contributed by atoms with van der Waals surface area (Å²) in [5.74, 6) is 0. The lowest BCUT2D eigenvalue weighted by Crippen LogP contribution is -2.61. The van der Waals surface area contributed by atoms with Crippen LogP contribution in [0.2, 0.25) is 91.7 Å². The van der Waals surface area contributed by atoms with Gasteiger partial charge in [-0.1, -0.05) is 18.9 Å². The van der Waals surface area contributed by atoms with Gasteiger partial charge in [-0.3, -0.25) is 0 Å². The second-order valence-electron chi connectivity index (χ2n) is 13.4. The summed E-state index contributed by atoms with van der Waals surface area (Å²) < 4.78 is 44.9. The van der Waals surface area contributed by atoms with Gasteiger partial charge in [0.1, 0.15) is 0 Å². The Morgan fingerprint density at radius 3 is 1.29 bits per heavy atom. The van der Waals surface area contributed by atoms with Crippen LogP contribution in [0.5, 0.6) is 0 Å². The number of unbranched alkanes of at least 4 members (excludes halogenated alkanes) is 4. The van der Waals surface area contributed by atoms with Crippen LogP contribution >= 0.6 is 0 Å². The summed E-state index contributed by atoms with van der Waals surface area (Å²) >= 11 is 0. The highest BCUT2D eigenvalue weighted by molar-refractivity contribution is 6.91. The summed E-state index contributed by atoms with van der Waals surface area (Å²) in [6, 6.07) is 0. The Morgan fingerprint density at radius 1 is 0.526 bits per heavy atom. The summed E-state index contributed by atoms with van der Waals surface area (Å²) in [4.78, 5) is 10.2. The Kier molecular flexibility index (Phi) is 15.8. The molecule has 0 atom stereocenters. The van der Waals surface area contributed by atoms with Gasteiger partial charge in [0.25, 0.3) is 0 Å². The van der Waals surface area contributed by atoms with Crippen molar-refractivity contribution < 1.29 is 34.2 Å². The van der Waals surface area contributed by atoms with Crippen LogP contribution in [-0.4, -0.2) is 77.3 Å². The molecule has 0 spiro atoms. The van der Waals surface area contributed by atoms with E-state index in [1.54, 1.807) is 13.1 Å². The molecule has 0 fully saturated rings. The molecule has 38 heavy (non-hydrogen) atoms. The van der Waals surface area contributed by atoms with Crippen LogP contribution in [0.15, 0.2) is 12.7 Å². The molecule has 0 rings (SSSR count). The van der Waals surface area contributed by atoms with Gasteiger partial charge >= 0.3 is 51.4 Å². The highest BCUT2D eigenvalue weighted by Crippen LogP contribution is 2.28. The first-order valence-corrected chi connectivity index (χ1v) is 34.0. The van der Waals surface area contributed by atoms with Gasteiger partial charge in [0.15, 0.2) is 0 Å². The molecule has 0 saturated heterocycles. The quantitative estimate of drug-likeness (QED) is 0.0787. The SMILES string of the molecule is C=CCCCCCCOC[Si](C)(C)O[Si](C)(C)O[Si](C)(C)O[Si](C)(C)O[Si](C)(C)O[Si](C)(C)O[Si](C)(C)O. The first-order chi connectivity index (χ1) is 16.8. The third-order valence-electron chi connectivity index (χ3n) is 4.88. The maximum absolute atomic E-state index is 10.2. The predicted octanol–water partition coefficient (Wildman–Crippen LogP) is 7.19. The smallest absolute Gasteiger partial charge is 0.320 e. The lowest BCUT2D eigenvalue weighted by atomic mass is 10.1. The first kappa shape index (κ1) is 38.9. The molecular weight excluding hydrogens is 601 g/mol. The minimum absolute atomic E-state index is 0.665. The Balaban J connectivity index is 4.91. The Hall–Kier alpha value is 0.938. The molecule has 0 aromatic rings. The summed E-state index contributed by atoms with van der Waals surface area (Å²) in [7, 11) is -17.5. The lowest BCUT2D eigenvalue weighted by molar-refractivity contribution is 0.157. The molecule has 228 valence electrons. The summed E-state index contributed by atoms with van der Waals surface area (Å²) in [6.07, 6.45) is 8.46. The van der Waals surface area contributed by atoms with Crippen LogP contribution < -0.4 is 0 Å². The molecule has 15 heteroatoms. The molecule has 0 saturated carbocycles. The van der Waals surface area contributed by atoms with Gasteiger partial charge in [0.05, 0.1) is 6.23 Å². The van der Waals surface area contributed by atoms with Crippen molar-refractivity contribution >= 4 is 59.7 Å². The maximum Gasteiger partial charge on any atom is 0.320 e. The van der Waals surface area contributed by atoms with Crippen molar-refractivity contribution in [1.29, 1.82) is 0 Å². The van der Waals surface area contributed by atoms with Gasteiger partial charge in [-0.15, -0.1) is 6.58 Å². The van der Waals surface area contributed by atoms with E-state index in [-0.39, 0.29) is 0 Å². The van der Waals surface area contributed by atoms with Crippen LogP contribution in [0.3, 0.4) is 0 Å². The third-order valence-corrected chi connectivity index (χ3v) is 29.7. The molecule has 0 aliphatic rings. The fourth-order valence-corrected chi connectivity index (χ4v) is 37.6. The monoisotopic (exact) mass is 660 g/mol. The van der Waals surface area contributed by atoms with Crippen molar-refractivity contribution in [1.82, 2.24) is 0 Å². The van der Waals surface area contributed by atoms with E-state index in [0.717, 1.165) is 19.4 Å². The van der Waals surface area contributed by atoms with Crippen LogP contribution in [-0.2, 0) is 29.4 Å². The molecule has 0 amide bonds. The first-order valence-electron chi connectivity index (χ1n) is 13.9. The van der Waals surface area contributed by atoms with Gasteiger partial charge in [-0.25, -0.2) is 0 Å². The highest BCUT2D eigenvalue weighted by Gasteiger charge is 2.48. The number of hydrogen-bond donors (Lipinski definition) is 1. The fourth-order valence-electron chi connectivity index (χ4n) is 4.93. The molecule has 0 aromatic carbocycles. The zero-order valence-corrected chi connectivity index (χ0v) is 34.0. The van der Waals surface area contributed by atoms with E-state index in [2.05, 4.69) is 45.9 Å². The van der Waals surface area contributed by atoms with Crippen LogP contribution in [0.1, 0.15) is 32.1 Å². The third kappa shape index (κ3) is 20.8. The van der Waals surface area contributed by atoms with E-state index in [1.165, 1.54) is 19.3 Å². The van der Waals surface area contributed by atoms with Gasteiger partial charge < -0.3 is 34.2 Å². The van der Waals surface area contributed by atoms with Crippen LogP contribution in [0, 0.1) is 0 Å². The van der Waals surface area contributed by atoms with E-state index in [1.807, 2.05) is 45.4 Å². The Bertz CT molecular complexity index is 710. The molecule has 1 N–H and O–H groups in total. The van der Waals surface area contributed by atoms with Crippen molar-refractivity contribution in [3.8, 4) is 0 Å². The second-order valence-corrected chi connectivity index (χ2v) is 39.0. The number of rotatable bonds is 21. The van der Waals surface area contributed by atoms with Crippen LogP contribution in [0.4, 0.5) is 0 Å². The largest absolute Gasteiger partial charge is 0.435 e. The van der Waals surface area contributed by atoms with Gasteiger partial charge in [-0.05, 0) is 111 Å². The number of hydrogen-bond acceptors (Lipinski definition) is 8. The molecule has 0 aliphatic carbocycles.